The van der Waals surface area contributed by atoms with Crippen LogP contribution in [0.1, 0.15) is 5.56 Å². The second kappa shape index (κ2) is 4.57. The van der Waals surface area contributed by atoms with Gasteiger partial charge in [0.2, 0.25) is 5.89 Å². The van der Waals surface area contributed by atoms with E-state index in [-0.39, 0.29) is 0 Å². The van der Waals surface area contributed by atoms with Gasteiger partial charge in [0.15, 0.2) is 0 Å². The van der Waals surface area contributed by atoms with Gasteiger partial charge in [-0.05, 0) is 17.7 Å². The first-order chi connectivity index (χ1) is 7.40. The van der Waals surface area contributed by atoms with Crippen LogP contribution in [-0.2, 0) is 0 Å². The lowest BCUT2D eigenvalue weighted by molar-refractivity contribution is 0.574. The Labute approximate surface area is 88.2 Å². The van der Waals surface area contributed by atoms with E-state index in [1.54, 1.807) is 12.5 Å². The minimum Gasteiger partial charge on any atom is -0.445 e. The molecule has 0 spiro atoms. The van der Waals surface area contributed by atoms with Crippen LogP contribution < -0.4 is 5.73 Å². The second-order valence-electron chi connectivity index (χ2n) is 3.10. The number of hydrogen-bond donors (Lipinski definition) is 1. The summed E-state index contributed by atoms with van der Waals surface area (Å²) >= 11 is 0. The fraction of sp³-hybridized carbons (Fsp3) is 0.0833. The summed E-state index contributed by atoms with van der Waals surface area (Å²) in [6.45, 7) is 0.545. The molecule has 0 aliphatic rings. The fourth-order valence-corrected chi connectivity index (χ4v) is 1.35. The van der Waals surface area contributed by atoms with Gasteiger partial charge in [0, 0.05) is 12.1 Å². The van der Waals surface area contributed by atoms with Crippen molar-refractivity contribution in [3.63, 3.8) is 0 Å². The highest BCUT2D eigenvalue weighted by atomic mass is 16.3. The minimum atomic E-state index is 0.545. The van der Waals surface area contributed by atoms with E-state index in [0.717, 1.165) is 11.1 Å². The summed E-state index contributed by atoms with van der Waals surface area (Å²) < 4.78 is 5.22. The number of nitrogens with zero attached hydrogens (tertiary/aromatic N) is 1. The lowest BCUT2D eigenvalue weighted by Gasteiger charge is -1.97. The summed E-state index contributed by atoms with van der Waals surface area (Å²) in [7, 11) is 0. The third kappa shape index (κ3) is 2.33. The summed E-state index contributed by atoms with van der Waals surface area (Å²) in [6, 6.07) is 7.96. The largest absolute Gasteiger partial charge is 0.445 e. The van der Waals surface area contributed by atoms with Crippen LogP contribution in [-0.4, -0.2) is 11.5 Å². The van der Waals surface area contributed by atoms with E-state index < -0.39 is 0 Å². The van der Waals surface area contributed by atoms with Gasteiger partial charge in [0.05, 0.1) is 6.20 Å². The summed E-state index contributed by atoms with van der Waals surface area (Å²) in [4.78, 5) is 4.09. The average Bonchev–Trinajstić information content (AvgIpc) is 2.80. The van der Waals surface area contributed by atoms with Crippen molar-refractivity contribution < 1.29 is 4.42 Å². The monoisotopic (exact) mass is 200 g/mol. The summed E-state index contributed by atoms with van der Waals surface area (Å²) in [5.74, 6) is 0.637. The van der Waals surface area contributed by atoms with Crippen LogP contribution in [0.25, 0.3) is 17.5 Å². The van der Waals surface area contributed by atoms with Gasteiger partial charge in [-0.3, -0.25) is 0 Å². The molecule has 0 saturated heterocycles. The molecule has 0 saturated carbocycles. The Morgan fingerprint density at radius 3 is 3.07 bits per heavy atom. The molecule has 3 nitrogen and oxygen atoms in total. The van der Waals surface area contributed by atoms with Crippen molar-refractivity contribution in [3.05, 3.63) is 48.4 Å². The van der Waals surface area contributed by atoms with Crippen LogP contribution in [0.5, 0.6) is 0 Å². The number of rotatable bonds is 3. The maximum Gasteiger partial charge on any atom is 0.225 e. The molecule has 76 valence electrons. The molecule has 2 aromatic rings. The molecule has 3 heteroatoms. The average molecular weight is 200 g/mol. The molecule has 2 rings (SSSR count). The second-order valence-corrected chi connectivity index (χ2v) is 3.10. The predicted molar refractivity (Wildman–Crippen MR) is 60.0 cm³/mol. The third-order valence-corrected chi connectivity index (χ3v) is 2.01. The zero-order chi connectivity index (χ0) is 10.5. The van der Waals surface area contributed by atoms with Crippen LogP contribution in [0.4, 0.5) is 0 Å². The molecular formula is C12H12N2O. The SMILES string of the molecule is NC/C=C/c1cccc(-c2ncco2)c1. The van der Waals surface area contributed by atoms with Gasteiger partial charge >= 0.3 is 0 Å². The van der Waals surface area contributed by atoms with Gasteiger partial charge in [-0.2, -0.15) is 0 Å². The Bertz CT molecular complexity index is 446. The summed E-state index contributed by atoms with van der Waals surface area (Å²) in [5.41, 5.74) is 7.46. The number of benzene rings is 1. The van der Waals surface area contributed by atoms with Crippen molar-refractivity contribution in [2.24, 2.45) is 5.73 Å². The van der Waals surface area contributed by atoms with E-state index >= 15 is 0 Å². The molecular weight excluding hydrogens is 188 g/mol. The van der Waals surface area contributed by atoms with Gasteiger partial charge in [-0.25, -0.2) is 4.98 Å². The highest BCUT2D eigenvalue weighted by Gasteiger charge is 2.01. The molecule has 0 radical (unpaired) electrons. The standard InChI is InChI=1S/C12H12N2O/c13-6-2-4-10-3-1-5-11(9-10)12-14-7-8-15-12/h1-5,7-9H,6,13H2/b4-2+. The van der Waals surface area contributed by atoms with Crippen LogP contribution in [0.2, 0.25) is 0 Å². The van der Waals surface area contributed by atoms with Crippen LogP contribution in [0, 0.1) is 0 Å². The number of hydrogen-bond acceptors (Lipinski definition) is 3. The maximum atomic E-state index is 5.39. The van der Waals surface area contributed by atoms with E-state index in [0.29, 0.717) is 12.4 Å². The molecule has 1 aromatic heterocycles. The lowest BCUT2D eigenvalue weighted by atomic mass is 10.1. The van der Waals surface area contributed by atoms with Gasteiger partial charge in [0.25, 0.3) is 0 Å². The zero-order valence-corrected chi connectivity index (χ0v) is 8.26. The Kier molecular flexibility index (Phi) is 2.95. The molecule has 1 heterocycles. The normalized spacial score (nSPS) is 11.0. The summed E-state index contributed by atoms with van der Waals surface area (Å²) in [6.07, 6.45) is 7.09. The van der Waals surface area contributed by atoms with Crippen molar-refractivity contribution in [2.75, 3.05) is 6.54 Å². The van der Waals surface area contributed by atoms with Crippen molar-refractivity contribution >= 4 is 6.08 Å². The van der Waals surface area contributed by atoms with Crippen molar-refractivity contribution in [1.82, 2.24) is 4.98 Å². The molecule has 15 heavy (non-hydrogen) atoms. The van der Waals surface area contributed by atoms with Crippen LogP contribution in [0.3, 0.4) is 0 Å². The molecule has 0 unspecified atom stereocenters. The lowest BCUT2D eigenvalue weighted by Crippen LogP contribution is -1.91. The topological polar surface area (TPSA) is 52.0 Å². The highest BCUT2D eigenvalue weighted by Crippen LogP contribution is 2.18. The quantitative estimate of drug-likeness (QED) is 0.827. The predicted octanol–water partition coefficient (Wildman–Crippen LogP) is 2.31. The Hall–Kier alpha value is -1.87. The van der Waals surface area contributed by atoms with Crippen LogP contribution in [0.15, 0.2) is 47.2 Å². The maximum absolute atomic E-state index is 5.39. The third-order valence-electron chi connectivity index (χ3n) is 2.01. The van der Waals surface area contributed by atoms with Crippen molar-refractivity contribution in [1.29, 1.82) is 0 Å². The van der Waals surface area contributed by atoms with Crippen LogP contribution >= 0.6 is 0 Å². The molecule has 0 fully saturated rings. The molecule has 0 amide bonds. The first-order valence-electron chi connectivity index (χ1n) is 4.76. The van der Waals surface area contributed by atoms with E-state index in [9.17, 15) is 0 Å². The minimum absolute atomic E-state index is 0.545. The molecule has 2 N–H and O–H groups in total. The smallest absolute Gasteiger partial charge is 0.225 e. The molecule has 1 aromatic carbocycles. The van der Waals surface area contributed by atoms with E-state index in [2.05, 4.69) is 4.98 Å². The Morgan fingerprint density at radius 2 is 2.33 bits per heavy atom. The van der Waals surface area contributed by atoms with E-state index in [4.69, 9.17) is 10.2 Å². The number of aromatic nitrogens is 1. The Balaban J connectivity index is 2.31. The number of nitrogens with two attached hydrogens (primary N) is 1. The van der Waals surface area contributed by atoms with E-state index in [1.165, 1.54) is 0 Å². The molecule has 0 aliphatic carbocycles. The molecule has 0 aliphatic heterocycles. The van der Waals surface area contributed by atoms with Gasteiger partial charge in [0.1, 0.15) is 6.26 Å². The highest BCUT2D eigenvalue weighted by molar-refractivity contribution is 5.60. The molecule has 0 bridgehead atoms. The Morgan fingerprint density at radius 1 is 1.40 bits per heavy atom. The van der Waals surface area contributed by atoms with Gasteiger partial charge < -0.3 is 10.2 Å². The van der Waals surface area contributed by atoms with Crippen molar-refractivity contribution in [3.8, 4) is 11.5 Å². The first kappa shape index (κ1) is 9.68. The van der Waals surface area contributed by atoms with Gasteiger partial charge in [-0.15, -0.1) is 0 Å². The summed E-state index contributed by atoms with van der Waals surface area (Å²) in [5, 5.41) is 0. The number of oxazole rings is 1. The fourth-order valence-electron chi connectivity index (χ4n) is 1.35. The van der Waals surface area contributed by atoms with Gasteiger partial charge in [-0.1, -0.05) is 24.3 Å². The van der Waals surface area contributed by atoms with Crippen molar-refractivity contribution in [2.45, 2.75) is 0 Å². The molecule has 0 atom stereocenters. The van der Waals surface area contributed by atoms with E-state index in [1.807, 2.05) is 36.4 Å². The first-order valence-corrected chi connectivity index (χ1v) is 4.76. The zero-order valence-electron chi connectivity index (χ0n) is 8.26.